The fourth-order valence-electron chi connectivity index (χ4n) is 3.53. The Bertz CT molecular complexity index is 1160. The molecular formula is C21H21ClFN3O3S. The molecule has 0 aliphatic carbocycles. The first-order valence-corrected chi connectivity index (χ1v) is 11.3. The molecule has 0 saturated carbocycles. The Morgan fingerprint density at radius 1 is 1.07 bits per heavy atom. The van der Waals surface area contributed by atoms with Crippen molar-refractivity contribution in [2.24, 2.45) is 0 Å². The fraction of sp³-hybridized carbons (Fsp3) is 0.286. The molecule has 0 amide bonds. The first-order chi connectivity index (χ1) is 14.4. The molecule has 0 N–H and O–H groups in total. The average molecular weight is 450 g/mol. The summed E-state index contributed by atoms with van der Waals surface area (Å²) in [6, 6.07) is 12.6. The van der Waals surface area contributed by atoms with Crippen molar-refractivity contribution < 1.29 is 17.5 Å². The third-order valence-electron chi connectivity index (χ3n) is 5.23. The first-order valence-electron chi connectivity index (χ1n) is 9.48. The zero-order chi connectivity index (χ0) is 21.3. The maximum Gasteiger partial charge on any atom is 0.243 e. The summed E-state index contributed by atoms with van der Waals surface area (Å²) in [7, 11) is -2.02. The van der Waals surface area contributed by atoms with Crippen LogP contribution >= 0.6 is 11.6 Å². The molecule has 30 heavy (non-hydrogen) atoms. The molecule has 0 bridgehead atoms. The van der Waals surface area contributed by atoms with Gasteiger partial charge in [0.25, 0.3) is 0 Å². The minimum atomic E-state index is -3.63. The van der Waals surface area contributed by atoms with Crippen LogP contribution in [0.3, 0.4) is 0 Å². The lowest BCUT2D eigenvalue weighted by Crippen LogP contribution is -2.48. The van der Waals surface area contributed by atoms with Gasteiger partial charge in [0, 0.05) is 49.7 Å². The molecule has 1 aromatic heterocycles. The third-order valence-corrected chi connectivity index (χ3v) is 7.47. The molecule has 158 valence electrons. The molecule has 2 heterocycles. The molecule has 1 aliphatic heterocycles. The lowest BCUT2D eigenvalue weighted by Gasteiger charge is -2.34. The van der Waals surface area contributed by atoms with Gasteiger partial charge in [0.2, 0.25) is 10.0 Å². The van der Waals surface area contributed by atoms with Crippen molar-refractivity contribution in [3.63, 3.8) is 0 Å². The molecule has 6 nitrogen and oxygen atoms in total. The topological polar surface area (TPSA) is 62.7 Å². The molecule has 1 aliphatic rings. The molecule has 3 aromatic rings. The summed E-state index contributed by atoms with van der Waals surface area (Å²) in [6.07, 6.45) is 0. The van der Waals surface area contributed by atoms with Crippen LogP contribution in [0.4, 0.5) is 4.39 Å². The molecular weight excluding hydrogens is 429 g/mol. The lowest BCUT2D eigenvalue weighted by molar-refractivity contribution is 0.181. The number of rotatable bonds is 5. The van der Waals surface area contributed by atoms with E-state index < -0.39 is 15.8 Å². The Morgan fingerprint density at radius 2 is 1.77 bits per heavy atom. The fourth-order valence-corrected chi connectivity index (χ4v) is 5.16. The highest BCUT2D eigenvalue weighted by molar-refractivity contribution is 7.89. The van der Waals surface area contributed by atoms with Crippen molar-refractivity contribution in [3.8, 4) is 5.75 Å². The second-order valence-corrected chi connectivity index (χ2v) is 9.43. The van der Waals surface area contributed by atoms with Crippen LogP contribution in [0.2, 0.25) is 5.15 Å². The average Bonchev–Trinajstić information content (AvgIpc) is 2.74. The summed E-state index contributed by atoms with van der Waals surface area (Å²) in [5.41, 5.74) is 1.66. The number of piperazine rings is 1. The minimum absolute atomic E-state index is 0.106. The second kappa shape index (κ2) is 8.47. The molecule has 9 heteroatoms. The monoisotopic (exact) mass is 449 g/mol. The highest BCUT2D eigenvalue weighted by atomic mass is 35.5. The van der Waals surface area contributed by atoms with Crippen molar-refractivity contribution >= 4 is 32.5 Å². The SMILES string of the molecule is COc1ccc2cc(CN3CCN(S(=O)(=O)c4ccc(F)cc4)CC3)c(Cl)nc2c1. The van der Waals surface area contributed by atoms with Crippen molar-refractivity contribution in [2.45, 2.75) is 11.4 Å². The van der Waals surface area contributed by atoms with E-state index in [4.69, 9.17) is 16.3 Å². The van der Waals surface area contributed by atoms with Gasteiger partial charge >= 0.3 is 0 Å². The largest absolute Gasteiger partial charge is 0.497 e. The van der Waals surface area contributed by atoms with Gasteiger partial charge in [0.1, 0.15) is 16.7 Å². The Kier molecular flexibility index (Phi) is 5.92. The second-order valence-electron chi connectivity index (χ2n) is 7.13. The zero-order valence-corrected chi connectivity index (χ0v) is 18.0. The number of hydrogen-bond acceptors (Lipinski definition) is 5. The predicted molar refractivity (Wildman–Crippen MR) is 114 cm³/mol. The van der Waals surface area contributed by atoms with Crippen LogP contribution in [-0.4, -0.2) is 55.9 Å². The molecule has 0 unspecified atom stereocenters. The number of nitrogens with zero attached hydrogens (tertiary/aromatic N) is 3. The Hall–Kier alpha value is -2.26. The summed E-state index contributed by atoms with van der Waals surface area (Å²) in [4.78, 5) is 6.73. The smallest absolute Gasteiger partial charge is 0.243 e. The number of aromatic nitrogens is 1. The van der Waals surface area contributed by atoms with Gasteiger partial charge in [-0.3, -0.25) is 4.90 Å². The van der Waals surface area contributed by atoms with Crippen LogP contribution in [0.1, 0.15) is 5.56 Å². The van der Waals surface area contributed by atoms with E-state index in [1.54, 1.807) is 7.11 Å². The molecule has 2 aromatic carbocycles. The molecule has 0 radical (unpaired) electrons. The highest BCUT2D eigenvalue weighted by Gasteiger charge is 2.28. The van der Waals surface area contributed by atoms with E-state index in [1.165, 1.54) is 16.4 Å². The molecule has 4 rings (SSSR count). The van der Waals surface area contributed by atoms with Gasteiger partial charge in [-0.25, -0.2) is 17.8 Å². The summed E-state index contributed by atoms with van der Waals surface area (Å²) in [5, 5.41) is 1.39. The summed E-state index contributed by atoms with van der Waals surface area (Å²) < 4.78 is 45.3. The number of sulfonamides is 1. The van der Waals surface area contributed by atoms with Crippen molar-refractivity contribution in [1.29, 1.82) is 0 Å². The number of benzene rings is 2. The van der Waals surface area contributed by atoms with Crippen LogP contribution in [-0.2, 0) is 16.6 Å². The molecule has 0 spiro atoms. The number of pyridine rings is 1. The quantitative estimate of drug-likeness (QED) is 0.557. The standard InChI is InChI=1S/C21H21ClFN3O3S/c1-29-18-5-2-15-12-16(21(22)24-20(15)13-18)14-25-8-10-26(11-9-25)30(27,28)19-6-3-17(23)4-7-19/h2-7,12-13H,8-11,14H2,1H3. The van der Waals surface area contributed by atoms with E-state index in [0.29, 0.717) is 37.9 Å². The van der Waals surface area contributed by atoms with Gasteiger partial charge in [-0.15, -0.1) is 0 Å². The van der Waals surface area contributed by atoms with Gasteiger partial charge in [0.05, 0.1) is 17.5 Å². The van der Waals surface area contributed by atoms with Crippen LogP contribution in [0.15, 0.2) is 53.4 Å². The van der Waals surface area contributed by atoms with Gasteiger partial charge in [-0.2, -0.15) is 4.31 Å². The van der Waals surface area contributed by atoms with E-state index in [-0.39, 0.29) is 4.90 Å². The summed E-state index contributed by atoms with van der Waals surface area (Å²) >= 11 is 6.40. The maximum absolute atomic E-state index is 13.1. The van der Waals surface area contributed by atoms with E-state index in [1.807, 2.05) is 24.3 Å². The van der Waals surface area contributed by atoms with Crippen LogP contribution in [0.25, 0.3) is 10.9 Å². The van der Waals surface area contributed by atoms with Gasteiger partial charge < -0.3 is 4.74 Å². The van der Waals surface area contributed by atoms with E-state index >= 15 is 0 Å². The molecule has 1 fully saturated rings. The van der Waals surface area contributed by atoms with Crippen LogP contribution in [0, 0.1) is 5.82 Å². The van der Waals surface area contributed by atoms with Gasteiger partial charge in [-0.05, 0) is 42.5 Å². The number of methoxy groups -OCH3 is 1. The van der Waals surface area contributed by atoms with Gasteiger partial charge in [0.15, 0.2) is 0 Å². The van der Waals surface area contributed by atoms with E-state index in [9.17, 15) is 12.8 Å². The third kappa shape index (κ3) is 4.27. The predicted octanol–water partition coefficient (Wildman–Crippen LogP) is 3.54. The Labute approximate surface area is 179 Å². The number of ether oxygens (including phenoxy) is 1. The van der Waals surface area contributed by atoms with Crippen LogP contribution < -0.4 is 4.74 Å². The Balaban J connectivity index is 1.44. The van der Waals surface area contributed by atoms with Crippen LogP contribution in [0.5, 0.6) is 5.75 Å². The highest BCUT2D eigenvalue weighted by Crippen LogP contribution is 2.26. The maximum atomic E-state index is 13.1. The number of halogens is 2. The van der Waals surface area contributed by atoms with Gasteiger partial charge in [-0.1, -0.05) is 11.6 Å². The lowest BCUT2D eigenvalue weighted by atomic mass is 10.1. The first kappa shape index (κ1) is 21.0. The van der Waals surface area contributed by atoms with Crippen molar-refractivity contribution in [1.82, 2.24) is 14.2 Å². The summed E-state index contributed by atoms with van der Waals surface area (Å²) in [5.74, 6) is 0.260. The molecule has 0 atom stereocenters. The number of fused-ring (bicyclic) bond motifs is 1. The normalized spacial score (nSPS) is 16.1. The minimum Gasteiger partial charge on any atom is -0.497 e. The Morgan fingerprint density at radius 3 is 2.43 bits per heavy atom. The van der Waals surface area contributed by atoms with E-state index in [2.05, 4.69) is 9.88 Å². The summed E-state index contributed by atoms with van der Waals surface area (Å²) in [6.45, 7) is 2.43. The van der Waals surface area contributed by atoms with Crippen molar-refractivity contribution in [2.75, 3.05) is 33.3 Å². The van der Waals surface area contributed by atoms with Crippen molar-refractivity contribution in [3.05, 3.63) is 65.1 Å². The molecule has 1 saturated heterocycles. The number of hydrogen-bond donors (Lipinski definition) is 0. The zero-order valence-electron chi connectivity index (χ0n) is 16.4. The van der Waals surface area contributed by atoms with E-state index in [0.717, 1.165) is 34.3 Å².